The average Bonchev–Trinajstić information content (AvgIpc) is 1.80. The Morgan fingerprint density at radius 3 is 2.25 bits per heavy atom. The maximum Gasteiger partial charge on any atom is 0.182 e. The number of ether oxygens (including phenoxy) is 1. The van der Waals surface area contributed by atoms with Crippen molar-refractivity contribution in [2.24, 2.45) is 5.41 Å². The molecule has 0 N–H and O–H groups in total. The van der Waals surface area contributed by atoms with Crippen LogP contribution in [0.25, 0.3) is 0 Å². The van der Waals surface area contributed by atoms with Crippen LogP contribution in [0, 0.1) is 5.41 Å². The summed E-state index contributed by atoms with van der Waals surface area (Å²) in [6.07, 6.45) is 0.237. The third kappa shape index (κ3) is 2.16. The van der Waals surface area contributed by atoms with Gasteiger partial charge in [0.25, 0.3) is 0 Å². The molecule has 0 bridgehead atoms. The van der Waals surface area contributed by atoms with Crippen LogP contribution in [0.2, 0.25) is 0 Å². The van der Waals surface area contributed by atoms with Gasteiger partial charge in [0.15, 0.2) is 5.88 Å². The lowest BCUT2D eigenvalue weighted by Gasteiger charge is -2.47. The van der Waals surface area contributed by atoms with Gasteiger partial charge in [-0.15, -0.1) is 0 Å². The smallest absolute Gasteiger partial charge is 0.182 e. The topological polar surface area (TPSA) is 12.5 Å². The second-order valence-electron chi connectivity index (χ2n) is 4.58. The van der Waals surface area contributed by atoms with Crippen molar-refractivity contribution in [3.05, 3.63) is 12.5 Å². The van der Waals surface area contributed by atoms with Crippen molar-refractivity contribution >= 4 is 0 Å². The monoisotopic (exact) mass is 169 g/mol. The number of nitrogens with zero attached hydrogens (tertiary/aromatic N) is 1. The van der Waals surface area contributed by atoms with Gasteiger partial charge in [0.05, 0.1) is 6.10 Å². The van der Waals surface area contributed by atoms with E-state index in [1.54, 1.807) is 0 Å². The van der Waals surface area contributed by atoms with Crippen molar-refractivity contribution in [2.45, 2.75) is 33.8 Å². The molecule has 1 saturated heterocycles. The zero-order chi connectivity index (χ0) is 9.35. The van der Waals surface area contributed by atoms with Gasteiger partial charge in [-0.2, -0.15) is 0 Å². The van der Waals surface area contributed by atoms with Crippen molar-refractivity contribution in [3.8, 4) is 0 Å². The molecule has 0 aromatic rings. The molecule has 0 aromatic carbocycles. The maximum absolute atomic E-state index is 5.48. The SMILES string of the molecule is C=C(OC(C)C)N1CC(C)(C)C1. The molecule has 0 unspecified atom stereocenters. The van der Waals surface area contributed by atoms with E-state index in [1.807, 2.05) is 13.8 Å². The maximum atomic E-state index is 5.48. The van der Waals surface area contributed by atoms with Crippen LogP contribution in [-0.2, 0) is 4.74 Å². The highest BCUT2D eigenvalue weighted by atomic mass is 16.5. The quantitative estimate of drug-likeness (QED) is 0.601. The normalized spacial score (nSPS) is 20.6. The van der Waals surface area contributed by atoms with E-state index in [0.29, 0.717) is 5.41 Å². The summed E-state index contributed by atoms with van der Waals surface area (Å²) < 4.78 is 5.48. The number of hydrogen-bond acceptors (Lipinski definition) is 2. The Kier molecular flexibility index (Phi) is 2.36. The molecule has 0 aromatic heterocycles. The van der Waals surface area contributed by atoms with E-state index in [9.17, 15) is 0 Å². The third-order valence-electron chi connectivity index (χ3n) is 1.96. The zero-order valence-electron chi connectivity index (χ0n) is 8.55. The Morgan fingerprint density at radius 1 is 1.42 bits per heavy atom. The molecular formula is C10H19NO. The van der Waals surface area contributed by atoms with E-state index in [4.69, 9.17) is 4.74 Å². The molecule has 0 atom stereocenters. The first kappa shape index (κ1) is 9.43. The lowest BCUT2D eigenvalue weighted by Crippen LogP contribution is -2.52. The molecule has 1 aliphatic rings. The Morgan fingerprint density at radius 2 is 1.92 bits per heavy atom. The van der Waals surface area contributed by atoms with Crippen LogP contribution < -0.4 is 0 Å². The highest BCUT2D eigenvalue weighted by molar-refractivity contribution is 4.98. The van der Waals surface area contributed by atoms with Gasteiger partial charge in [-0.3, -0.25) is 0 Å². The minimum Gasteiger partial charge on any atom is -0.477 e. The van der Waals surface area contributed by atoms with Crippen molar-refractivity contribution in [2.75, 3.05) is 13.1 Å². The summed E-state index contributed by atoms with van der Waals surface area (Å²) in [5.74, 6) is 0.823. The van der Waals surface area contributed by atoms with Gasteiger partial charge in [0.1, 0.15) is 0 Å². The van der Waals surface area contributed by atoms with E-state index in [1.165, 1.54) is 0 Å². The Labute approximate surface area is 75.2 Å². The largest absolute Gasteiger partial charge is 0.477 e. The van der Waals surface area contributed by atoms with Crippen LogP contribution in [0.3, 0.4) is 0 Å². The third-order valence-corrected chi connectivity index (χ3v) is 1.96. The van der Waals surface area contributed by atoms with Crippen molar-refractivity contribution < 1.29 is 4.74 Å². The molecule has 0 aliphatic carbocycles. The predicted molar refractivity (Wildman–Crippen MR) is 50.7 cm³/mol. The first-order chi connectivity index (χ1) is 5.41. The number of hydrogen-bond donors (Lipinski definition) is 0. The summed E-state index contributed by atoms with van der Waals surface area (Å²) >= 11 is 0. The highest BCUT2D eigenvalue weighted by Crippen LogP contribution is 2.31. The Hall–Kier alpha value is -0.660. The van der Waals surface area contributed by atoms with Crippen molar-refractivity contribution in [1.29, 1.82) is 0 Å². The van der Waals surface area contributed by atoms with Crippen molar-refractivity contribution in [1.82, 2.24) is 4.90 Å². The van der Waals surface area contributed by atoms with Gasteiger partial charge < -0.3 is 9.64 Å². The van der Waals surface area contributed by atoms with E-state index in [0.717, 1.165) is 19.0 Å². The minimum atomic E-state index is 0.237. The van der Waals surface area contributed by atoms with Gasteiger partial charge in [-0.1, -0.05) is 13.8 Å². The molecular weight excluding hydrogens is 150 g/mol. The standard InChI is InChI=1S/C10H19NO/c1-8(2)12-9(3)11-6-10(4,5)7-11/h8H,3,6-7H2,1-2,4-5H3. The molecule has 1 fully saturated rings. The molecule has 2 heteroatoms. The number of rotatable bonds is 3. The molecule has 0 saturated carbocycles. The fraction of sp³-hybridized carbons (Fsp3) is 0.800. The van der Waals surface area contributed by atoms with Crippen LogP contribution in [-0.4, -0.2) is 24.1 Å². The molecule has 0 radical (unpaired) electrons. The molecule has 0 spiro atoms. The molecule has 70 valence electrons. The van der Waals surface area contributed by atoms with Crippen molar-refractivity contribution in [3.63, 3.8) is 0 Å². The average molecular weight is 169 g/mol. The molecule has 1 rings (SSSR count). The summed E-state index contributed by atoms with van der Waals surface area (Å²) in [5, 5.41) is 0. The fourth-order valence-electron chi connectivity index (χ4n) is 1.51. The van der Waals surface area contributed by atoms with Gasteiger partial charge >= 0.3 is 0 Å². The van der Waals surface area contributed by atoms with E-state index >= 15 is 0 Å². The Balaban J connectivity index is 2.29. The van der Waals surface area contributed by atoms with Gasteiger partial charge in [-0.05, 0) is 25.8 Å². The summed E-state index contributed by atoms with van der Waals surface area (Å²) in [6.45, 7) is 14.6. The highest BCUT2D eigenvalue weighted by Gasteiger charge is 2.35. The van der Waals surface area contributed by atoms with E-state index < -0.39 is 0 Å². The minimum absolute atomic E-state index is 0.237. The number of likely N-dealkylation sites (tertiary alicyclic amines) is 1. The van der Waals surface area contributed by atoms with E-state index in [2.05, 4.69) is 25.3 Å². The lowest BCUT2D eigenvalue weighted by atomic mass is 9.85. The van der Waals surface area contributed by atoms with Gasteiger partial charge in [-0.25, -0.2) is 0 Å². The van der Waals surface area contributed by atoms with Crippen LogP contribution in [0.5, 0.6) is 0 Å². The fourth-order valence-corrected chi connectivity index (χ4v) is 1.51. The molecule has 0 amide bonds. The van der Waals surface area contributed by atoms with E-state index in [-0.39, 0.29) is 6.10 Å². The van der Waals surface area contributed by atoms with Crippen LogP contribution >= 0.6 is 0 Å². The summed E-state index contributed by atoms with van der Waals surface area (Å²) in [6, 6.07) is 0. The second-order valence-corrected chi connectivity index (χ2v) is 4.58. The second kappa shape index (κ2) is 3.00. The summed E-state index contributed by atoms with van der Waals surface area (Å²) in [5.41, 5.74) is 0.448. The lowest BCUT2D eigenvalue weighted by molar-refractivity contribution is -0.0191. The summed E-state index contributed by atoms with van der Waals surface area (Å²) in [4.78, 5) is 2.18. The van der Waals surface area contributed by atoms with Crippen LogP contribution in [0.4, 0.5) is 0 Å². The molecule has 1 heterocycles. The van der Waals surface area contributed by atoms with Crippen LogP contribution in [0.1, 0.15) is 27.7 Å². The molecule has 2 nitrogen and oxygen atoms in total. The Bertz CT molecular complexity index is 176. The predicted octanol–water partition coefficient (Wildman–Crippen LogP) is 2.22. The van der Waals surface area contributed by atoms with Gasteiger partial charge in [0, 0.05) is 13.1 Å². The zero-order valence-corrected chi connectivity index (χ0v) is 8.55. The summed E-state index contributed by atoms with van der Waals surface area (Å²) in [7, 11) is 0. The molecule has 1 aliphatic heterocycles. The molecule has 12 heavy (non-hydrogen) atoms. The van der Waals surface area contributed by atoms with Crippen LogP contribution in [0.15, 0.2) is 12.5 Å². The first-order valence-electron chi connectivity index (χ1n) is 4.51. The van der Waals surface area contributed by atoms with Gasteiger partial charge in [0.2, 0.25) is 0 Å². The first-order valence-corrected chi connectivity index (χ1v) is 4.51.